The van der Waals surface area contributed by atoms with Crippen molar-refractivity contribution in [1.29, 1.82) is 0 Å². The van der Waals surface area contributed by atoms with Crippen molar-refractivity contribution in [3.8, 4) is 28.3 Å². The van der Waals surface area contributed by atoms with E-state index in [4.69, 9.17) is 15.6 Å². The van der Waals surface area contributed by atoms with Crippen molar-refractivity contribution in [1.82, 2.24) is 24.7 Å². The molecule has 0 bridgehead atoms. The van der Waals surface area contributed by atoms with Crippen molar-refractivity contribution < 1.29 is 9.84 Å². The van der Waals surface area contributed by atoms with Gasteiger partial charge >= 0.3 is 0 Å². The van der Waals surface area contributed by atoms with E-state index in [-0.39, 0.29) is 6.04 Å². The van der Waals surface area contributed by atoms with Crippen LogP contribution >= 0.6 is 0 Å². The second kappa shape index (κ2) is 8.44. The fourth-order valence-electron chi connectivity index (χ4n) is 2.88. The molecule has 0 unspecified atom stereocenters. The van der Waals surface area contributed by atoms with E-state index >= 15 is 0 Å². The summed E-state index contributed by atoms with van der Waals surface area (Å²) in [6, 6.07) is 3.85. The number of rotatable bonds is 7. The zero-order valence-electron chi connectivity index (χ0n) is 17.3. The van der Waals surface area contributed by atoms with Crippen LogP contribution in [0.1, 0.15) is 32.5 Å². The Morgan fingerprint density at radius 2 is 2.00 bits per heavy atom. The van der Waals surface area contributed by atoms with Gasteiger partial charge in [-0.15, -0.1) is 0 Å². The van der Waals surface area contributed by atoms with E-state index in [2.05, 4.69) is 34.1 Å². The largest absolute Gasteiger partial charge is 0.493 e. The zero-order chi connectivity index (χ0) is 21.1. The number of methoxy groups -OCH3 is 1. The Balaban J connectivity index is 2.13. The van der Waals surface area contributed by atoms with Crippen molar-refractivity contribution in [3.63, 3.8) is 0 Å². The normalized spacial score (nSPS) is 12.2. The van der Waals surface area contributed by atoms with Crippen LogP contribution in [0.5, 0.6) is 5.75 Å². The number of nitrogen functional groups attached to an aromatic ring is 1. The highest BCUT2D eigenvalue weighted by atomic mass is 16.5. The first-order valence-electron chi connectivity index (χ1n) is 9.46. The number of pyridine rings is 1. The second-order valence-electron chi connectivity index (χ2n) is 7.17. The van der Waals surface area contributed by atoms with E-state index < -0.39 is 6.10 Å². The summed E-state index contributed by atoms with van der Waals surface area (Å²) >= 11 is 0. The molecule has 3 rings (SSSR count). The topological polar surface area (TPSA) is 124 Å². The molecular weight excluding hydrogens is 370 g/mol. The Morgan fingerprint density at radius 1 is 1.24 bits per heavy atom. The van der Waals surface area contributed by atoms with Crippen LogP contribution in [0.2, 0.25) is 0 Å². The van der Waals surface area contributed by atoms with Gasteiger partial charge in [0.2, 0.25) is 5.95 Å². The molecule has 0 aliphatic rings. The van der Waals surface area contributed by atoms with Gasteiger partial charge in [0.15, 0.2) is 11.6 Å². The molecule has 0 aliphatic carbocycles. The summed E-state index contributed by atoms with van der Waals surface area (Å²) < 4.78 is 7.24. The van der Waals surface area contributed by atoms with E-state index in [0.717, 1.165) is 22.5 Å². The number of aromatic nitrogens is 5. The monoisotopic (exact) mass is 397 g/mol. The smallest absolute Gasteiger partial charge is 0.223 e. The number of aliphatic hydroxyl groups is 1. The van der Waals surface area contributed by atoms with Gasteiger partial charge in [-0.1, -0.05) is 0 Å². The lowest BCUT2D eigenvalue weighted by Gasteiger charge is -2.11. The first-order valence-corrected chi connectivity index (χ1v) is 9.46. The SMILES string of the molecule is COc1cc(-c2nn(C(C)C)cc2-c2ccnc(NC[C@H](C)O)n2)c(C)nc1N. The molecule has 29 heavy (non-hydrogen) atoms. The van der Waals surface area contributed by atoms with Crippen LogP contribution in [0.25, 0.3) is 22.5 Å². The summed E-state index contributed by atoms with van der Waals surface area (Å²) in [5, 5.41) is 17.3. The Morgan fingerprint density at radius 3 is 2.66 bits per heavy atom. The lowest BCUT2D eigenvalue weighted by Crippen LogP contribution is -2.16. The lowest BCUT2D eigenvalue weighted by molar-refractivity contribution is 0.208. The highest BCUT2D eigenvalue weighted by molar-refractivity contribution is 5.81. The molecule has 154 valence electrons. The summed E-state index contributed by atoms with van der Waals surface area (Å²) in [5.74, 6) is 1.28. The third-order valence-corrected chi connectivity index (χ3v) is 4.43. The van der Waals surface area contributed by atoms with Crippen LogP contribution in [0.3, 0.4) is 0 Å². The molecule has 0 aromatic carbocycles. The fraction of sp³-hybridized carbons (Fsp3) is 0.400. The van der Waals surface area contributed by atoms with Crippen molar-refractivity contribution in [2.75, 3.05) is 24.7 Å². The van der Waals surface area contributed by atoms with E-state index in [1.54, 1.807) is 20.2 Å². The molecule has 1 atom stereocenters. The number of nitrogens with zero attached hydrogens (tertiary/aromatic N) is 5. The van der Waals surface area contributed by atoms with Crippen molar-refractivity contribution >= 4 is 11.8 Å². The quantitative estimate of drug-likeness (QED) is 0.556. The van der Waals surface area contributed by atoms with Gasteiger partial charge in [-0.2, -0.15) is 5.10 Å². The van der Waals surface area contributed by atoms with E-state index in [1.807, 2.05) is 29.9 Å². The first-order chi connectivity index (χ1) is 13.8. The van der Waals surface area contributed by atoms with Crippen LogP contribution in [-0.4, -0.2) is 49.6 Å². The molecule has 3 aromatic rings. The highest BCUT2D eigenvalue weighted by Crippen LogP contribution is 2.35. The first kappa shape index (κ1) is 20.5. The third kappa shape index (κ3) is 4.45. The molecule has 0 fully saturated rings. The van der Waals surface area contributed by atoms with Gasteiger partial charge in [-0.25, -0.2) is 15.0 Å². The highest BCUT2D eigenvalue weighted by Gasteiger charge is 2.20. The van der Waals surface area contributed by atoms with Crippen LogP contribution in [0, 0.1) is 6.92 Å². The predicted octanol–water partition coefficient (Wildman–Crippen LogP) is 2.67. The molecule has 3 aromatic heterocycles. The van der Waals surface area contributed by atoms with Crippen LogP contribution in [0.4, 0.5) is 11.8 Å². The summed E-state index contributed by atoms with van der Waals surface area (Å²) in [7, 11) is 1.56. The molecule has 4 N–H and O–H groups in total. The number of aryl methyl sites for hydroxylation is 1. The number of hydrogen-bond acceptors (Lipinski definition) is 8. The van der Waals surface area contributed by atoms with Crippen LogP contribution in [0.15, 0.2) is 24.5 Å². The number of nitrogens with one attached hydrogen (secondary N) is 1. The Hall–Kier alpha value is -3.20. The summed E-state index contributed by atoms with van der Waals surface area (Å²) in [5.41, 5.74) is 9.82. The van der Waals surface area contributed by atoms with E-state index in [0.29, 0.717) is 29.8 Å². The van der Waals surface area contributed by atoms with E-state index in [9.17, 15) is 5.11 Å². The van der Waals surface area contributed by atoms with E-state index in [1.165, 1.54) is 0 Å². The average Bonchev–Trinajstić information content (AvgIpc) is 3.12. The molecule has 0 aliphatic heterocycles. The molecular formula is C20H27N7O2. The maximum atomic E-state index is 9.50. The molecule has 0 saturated heterocycles. The Bertz CT molecular complexity index is 998. The minimum Gasteiger partial charge on any atom is -0.493 e. The molecule has 9 nitrogen and oxygen atoms in total. The maximum absolute atomic E-state index is 9.50. The maximum Gasteiger partial charge on any atom is 0.223 e. The van der Waals surface area contributed by atoms with Gasteiger partial charge in [-0.3, -0.25) is 4.68 Å². The Kier molecular flexibility index (Phi) is 5.97. The number of hydrogen-bond donors (Lipinski definition) is 3. The minimum atomic E-state index is -0.502. The average molecular weight is 397 g/mol. The van der Waals surface area contributed by atoms with Crippen LogP contribution in [-0.2, 0) is 0 Å². The molecule has 0 spiro atoms. The van der Waals surface area contributed by atoms with Crippen molar-refractivity contribution in [3.05, 3.63) is 30.2 Å². The van der Waals surface area contributed by atoms with Gasteiger partial charge in [0.1, 0.15) is 5.69 Å². The summed E-state index contributed by atoms with van der Waals surface area (Å²) in [6.07, 6.45) is 3.14. The lowest BCUT2D eigenvalue weighted by atomic mass is 10.0. The summed E-state index contributed by atoms with van der Waals surface area (Å²) in [4.78, 5) is 13.2. The predicted molar refractivity (Wildman–Crippen MR) is 113 cm³/mol. The van der Waals surface area contributed by atoms with Gasteiger partial charge < -0.3 is 20.9 Å². The standard InChI is InChI=1S/C20H27N7O2/c1-11(2)27-10-15(16-6-7-22-20(25-16)23-9-12(3)28)18(26-27)14-8-17(29-5)19(21)24-13(14)4/h6-8,10-12,28H,9H2,1-5H3,(H2,21,24)(H,22,23,25)/t12-/m0/s1. The van der Waals surface area contributed by atoms with Gasteiger partial charge in [0, 0.05) is 41.8 Å². The van der Waals surface area contributed by atoms with Crippen LogP contribution < -0.4 is 15.8 Å². The number of nitrogens with two attached hydrogens (primary N) is 1. The number of ether oxygens (including phenoxy) is 1. The van der Waals surface area contributed by atoms with Gasteiger partial charge in [0.25, 0.3) is 0 Å². The van der Waals surface area contributed by atoms with Crippen molar-refractivity contribution in [2.45, 2.75) is 39.8 Å². The Labute approximate surface area is 170 Å². The van der Waals surface area contributed by atoms with Gasteiger partial charge in [0.05, 0.1) is 18.9 Å². The fourth-order valence-corrected chi connectivity index (χ4v) is 2.88. The number of aliphatic hydroxyl groups excluding tert-OH is 1. The summed E-state index contributed by atoms with van der Waals surface area (Å²) in [6.45, 7) is 8.07. The molecule has 0 amide bonds. The minimum absolute atomic E-state index is 0.168. The molecule has 9 heteroatoms. The van der Waals surface area contributed by atoms with Gasteiger partial charge in [-0.05, 0) is 39.8 Å². The molecule has 0 radical (unpaired) electrons. The third-order valence-electron chi connectivity index (χ3n) is 4.43. The zero-order valence-corrected chi connectivity index (χ0v) is 17.3. The molecule has 0 saturated carbocycles. The number of anilines is 2. The molecule has 3 heterocycles. The van der Waals surface area contributed by atoms with Crippen molar-refractivity contribution in [2.24, 2.45) is 0 Å². The second-order valence-corrected chi connectivity index (χ2v) is 7.17.